The van der Waals surface area contributed by atoms with Crippen molar-refractivity contribution in [2.24, 2.45) is 0 Å². The van der Waals surface area contributed by atoms with E-state index in [0.717, 1.165) is 16.0 Å². The third-order valence-corrected chi connectivity index (χ3v) is 3.20. The van der Waals surface area contributed by atoms with Crippen molar-refractivity contribution >= 4 is 23.1 Å². The molecular weight excluding hydrogens is 277 g/mol. The van der Waals surface area contributed by atoms with Crippen LogP contribution in [0, 0.1) is 0 Å². The molecule has 0 saturated carbocycles. The molecular formula is C11H7KN3O2S-. The maximum atomic E-state index is 10.4. The molecule has 3 aromatic rings. The van der Waals surface area contributed by atoms with Crippen LogP contribution in [0.15, 0.2) is 36.8 Å². The summed E-state index contributed by atoms with van der Waals surface area (Å²) in [6, 6.07) is 5.92. The number of fused-ring (bicyclic) bond motifs is 1. The summed E-state index contributed by atoms with van der Waals surface area (Å²) in [5.41, 5.74) is 1.98. The number of thiazole rings is 1. The molecule has 0 aliphatic rings. The Morgan fingerprint density at radius 1 is 1.33 bits per heavy atom. The van der Waals surface area contributed by atoms with Gasteiger partial charge in [-0.15, -0.1) is 0 Å². The molecule has 0 fully saturated rings. The summed E-state index contributed by atoms with van der Waals surface area (Å²) >= 11 is 1.31. The van der Waals surface area contributed by atoms with Crippen LogP contribution < -0.4 is 51.4 Å². The maximum absolute atomic E-state index is 10.4. The third-order valence-electron chi connectivity index (χ3n) is 2.26. The van der Waals surface area contributed by atoms with Gasteiger partial charge in [0.25, 0.3) is 0 Å². The summed E-state index contributed by atoms with van der Waals surface area (Å²) in [7, 11) is 0. The van der Waals surface area contributed by atoms with Crippen LogP contribution in [0.5, 0.6) is 0 Å². The first-order chi connectivity index (χ1) is 7.86. The van der Waals surface area contributed by atoms with Gasteiger partial charge in [0.2, 0.25) is 0 Å². The van der Waals surface area contributed by atoms with Crippen molar-refractivity contribution in [1.29, 1.82) is 0 Å². The molecule has 0 aliphatic heterocycles. The molecule has 0 spiro atoms. The summed E-state index contributed by atoms with van der Waals surface area (Å²) in [5, 5.41) is 4.62. The molecule has 0 bridgehead atoms. The van der Waals surface area contributed by atoms with Gasteiger partial charge in [-0.3, -0.25) is 4.98 Å². The van der Waals surface area contributed by atoms with Crippen LogP contribution in [0.25, 0.3) is 16.0 Å². The molecule has 18 heavy (non-hydrogen) atoms. The van der Waals surface area contributed by atoms with E-state index in [9.17, 15) is 4.79 Å². The van der Waals surface area contributed by atoms with Crippen LogP contribution >= 0.6 is 11.3 Å². The Labute approximate surface area is 150 Å². The number of hydrogen-bond donors (Lipinski definition) is 0. The van der Waals surface area contributed by atoms with E-state index in [1.54, 1.807) is 23.2 Å². The Kier molecular flexibility index (Phi) is 5.79. The van der Waals surface area contributed by atoms with Gasteiger partial charge in [-0.2, -0.15) is 16.4 Å². The molecule has 3 heterocycles. The predicted octanol–water partition coefficient (Wildman–Crippen LogP) is -1.26. The van der Waals surface area contributed by atoms with E-state index in [1.165, 1.54) is 11.3 Å². The Morgan fingerprint density at radius 3 is 2.89 bits per heavy atom. The average Bonchev–Trinajstić information content (AvgIpc) is 2.96. The fourth-order valence-corrected chi connectivity index (χ4v) is 2.21. The van der Waals surface area contributed by atoms with Crippen LogP contribution in [0.1, 0.15) is 5.01 Å². The van der Waals surface area contributed by atoms with Crippen molar-refractivity contribution in [2.45, 2.75) is 0 Å². The van der Waals surface area contributed by atoms with Crippen molar-refractivity contribution in [2.75, 3.05) is 0 Å². The minimum atomic E-state index is 0. The monoisotopic (exact) mass is 284 g/mol. The van der Waals surface area contributed by atoms with Crippen LogP contribution in [0.3, 0.4) is 0 Å². The molecule has 3 aromatic heterocycles. The van der Waals surface area contributed by atoms with Gasteiger partial charge in [0.15, 0.2) is 0 Å². The van der Waals surface area contributed by atoms with Gasteiger partial charge in [0.1, 0.15) is 0 Å². The predicted molar refractivity (Wildman–Crippen MR) is 63.0 cm³/mol. The van der Waals surface area contributed by atoms with E-state index < -0.39 is 0 Å². The minimum absolute atomic E-state index is 0. The second-order valence-corrected chi connectivity index (χ2v) is 4.28. The number of carbonyl (C=O) groups excluding carboxylic acids is 1. The summed E-state index contributed by atoms with van der Waals surface area (Å²) in [6.07, 6.45) is 7.09. The van der Waals surface area contributed by atoms with Crippen LogP contribution in [0.4, 0.5) is 0 Å². The van der Waals surface area contributed by atoms with Crippen molar-refractivity contribution in [3.05, 3.63) is 41.8 Å². The first kappa shape index (κ1) is 15.6. The topological polar surface area (TPSA) is 77.3 Å². The van der Waals surface area contributed by atoms with E-state index in [2.05, 4.69) is 10.1 Å². The van der Waals surface area contributed by atoms with Crippen molar-refractivity contribution in [1.82, 2.24) is 14.6 Å². The Morgan fingerprint density at radius 2 is 2.17 bits per heavy atom. The normalized spacial score (nSPS) is 9.56. The summed E-state index contributed by atoms with van der Waals surface area (Å²) in [6.45, 7) is 0. The Hall–Kier alpha value is -0.414. The molecule has 0 amide bonds. The zero-order valence-electron chi connectivity index (χ0n) is 9.57. The molecule has 86 valence electrons. The SMILES string of the molecule is O=[C-]c1ncc(-c2cnn3cccc3c2)s1.[K+].[OH-]. The Balaban J connectivity index is 0.000000810. The quantitative estimate of drug-likeness (QED) is 0.435. The maximum Gasteiger partial charge on any atom is 1.00 e. The number of hydrogen-bond acceptors (Lipinski definition) is 5. The molecule has 3 rings (SSSR count). The van der Waals surface area contributed by atoms with Gasteiger partial charge < -0.3 is 10.3 Å². The van der Waals surface area contributed by atoms with E-state index in [4.69, 9.17) is 0 Å². The van der Waals surface area contributed by atoms with E-state index in [1.807, 2.05) is 24.4 Å². The van der Waals surface area contributed by atoms with Crippen molar-refractivity contribution in [3.8, 4) is 10.4 Å². The zero-order valence-corrected chi connectivity index (χ0v) is 13.5. The number of rotatable bonds is 2. The van der Waals surface area contributed by atoms with Gasteiger partial charge in [0.05, 0.1) is 16.6 Å². The fraction of sp³-hybridized carbons (Fsp3) is 0. The van der Waals surface area contributed by atoms with Gasteiger partial charge in [0, 0.05) is 18.0 Å². The van der Waals surface area contributed by atoms with Gasteiger partial charge in [-0.25, -0.2) is 10.8 Å². The first-order valence-electron chi connectivity index (χ1n) is 4.64. The van der Waals surface area contributed by atoms with Crippen molar-refractivity contribution < 1.29 is 61.7 Å². The minimum Gasteiger partial charge on any atom is -0.870 e. The van der Waals surface area contributed by atoms with Crippen molar-refractivity contribution in [3.63, 3.8) is 0 Å². The standard InChI is InChI=1S/C11H6N3OS.K.H2O/c15-7-11-12-6-10(16-11)8-4-9-2-1-3-14(9)13-5-8;;/h1-6H;;1H2/q-1;+1;/p-1. The summed E-state index contributed by atoms with van der Waals surface area (Å²) < 4.78 is 1.79. The molecule has 0 atom stereocenters. The summed E-state index contributed by atoms with van der Waals surface area (Å²) in [5.74, 6) is 0. The van der Waals surface area contributed by atoms with E-state index in [-0.39, 0.29) is 56.9 Å². The molecule has 0 aliphatic carbocycles. The fourth-order valence-electron chi connectivity index (χ4n) is 1.52. The van der Waals surface area contributed by atoms with Crippen LogP contribution in [0.2, 0.25) is 0 Å². The molecule has 5 nitrogen and oxygen atoms in total. The molecule has 0 aromatic carbocycles. The molecule has 0 radical (unpaired) electrons. The average molecular weight is 284 g/mol. The van der Waals surface area contributed by atoms with Crippen LogP contribution in [-0.4, -0.2) is 26.4 Å². The number of aromatic nitrogens is 3. The molecule has 0 saturated heterocycles. The number of nitrogens with zero attached hydrogens (tertiary/aromatic N) is 3. The third kappa shape index (κ3) is 2.94. The Bertz CT molecular complexity index is 665. The zero-order chi connectivity index (χ0) is 11.0. The smallest absolute Gasteiger partial charge is 0.870 e. The van der Waals surface area contributed by atoms with E-state index >= 15 is 0 Å². The van der Waals surface area contributed by atoms with Gasteiger partial charge in [-0.1, -0.05) is 0 Å². The second-order valence-electron chi connectivity index (χ2n) is 3.25. The summed E-state index contributed by atoms with van der Waals surface area (Å²) in [4.78, 5) is 15.3. The molecule has 0 unspecified atom stereocenters. The van der Waals surface area contributed by atoms with Gasteiger partial charge >= 0.3 is 51.4 Å². The molecule has 1 N–H and O–H groups in total. The second kappa shape index (κ2) is 6.67. The first-order valence-corrected chi connectivity index (χ1v) is 5.46. The van der Waals surface area contributed by atoms with Crippen LogP contribution in [-0.2, 0) is 4.79 Å². The largest absolute Gasteiger partial charge is 1.00 e. The molecule has 7 heteroatoms. The van der Waals surface area contributed by atoms with Gasteiger partial charge in [-0.05, 0) is 23.2 Å². The van der Waals surface area contributed by atoms with E-state index in [0.29, 0.717) is 5.01 Å².